The van der Waals surface area contributed by atoms with Gasteiger partial charge >= 0.3 is 0 Å². The molecule has 0 spiro atoms. The fraction of sp³-hybridized carbons (Fsp3) is 0.667. The minimum absolute atomic E-state index is 0.0652. The van der Waals surface area contributed by atoms with Crippen LogP contribution in [0.25, 0.3) is 0 Å². The Morgan fingerprint density at radius 2 is 2.67 bits per heavy atom. The Morgan fingerprint density at radius 3 is 3.11 bits per heavy atom. The van der Waals surface area contributed by atoms with E-state index >= 15 is 0 Å². The molecule has 0 rings (SSSR count). The molecule has 0 saturated heterocycles. The first kappa shape index (κ1) is 3.14. The molecular weight excluding hydrogens is 118 g/mol. The lowest BCUT2D eigenvalue weighted by atomic mass is 10.4. The molecule has 3 N–H and O–H groups in total. The molecule has 0 aliphatic carbocycles. The maximum Gasteiger partial charge on any atom is 0.0895 e. The summed E-state index contributed by atoms with van der Waals surface area (Å²) >= 11 is 0. The summed E-state index contributed by atoms with van der Waals surface area (Å²) in [6.07, 6.45) is -2.02. The zero-order chi connectivity index (χ0) is 11.6. The average Bonchev–Trinajstić information content (AvgIpc) is 1.98. The van der Waals surface area contributed by atoms with Crippen molar-refractivity contribution in [2.45, 2.75) is 6.08 Å². The number of hydrogen-bond donors (Lipinski definition) is 3. The Labute approximate surface area is 62.0 Å². The zero-order valence-corrected chi connectivity index (χ0v) is 4.89. The first-order valence-corrected chi connectivity index (χ1v) is 2.37. The molecule has 0 radical (unpaired) electrons. The molecule has 1 atom stereocenters. The van der Waals surface area contributed by atoms with Crippen molar-refractivity contribution in [3.8, 4) is 0 Å². The third-order valence-corrected chi connectivity index (χ3v) is 0.559. The summed E-state index contributed by atoms with van der Waals surface area (Å²) in [7, 11) is 0. The van der Waals surface area contributed by atoms with Crippen molar-refractivity contribution >= 4 is 0 Å². The van der Waals surface area contributed by atoms with E-state index in [0.717, 1.165) is 0 Å². The van der Waals surface area contributed by atoms with Crippen molar-refractivity contribution in [1.29, 1.82) is 0 Å². The molecule has 0 aromatic heterocycles. The summed E-state index contributed by atoms with van der Waals surface area (Å²) in [6, 6.07) is 0. The molecule has 54 valence electrons. The van der Waals surface area contributed by atoms with Gasteiger partial charge in [0.2, 0.25) is 0 Å². The summed E-state index contributed by atoms with van der Waals surface area (Å²) < 4.78 is 34.7. The second-order valence-corrected chi connectivity index (χ2v) is 1.25. The van der Waals surface area contributed by atoms with Gasteiger partial charge in [0, 0.05) is 15.8 Å². The Bertz CT molecular complexity index is 213. The SMILES string of the molecule is [2H]C([2H])(O)C([2H])(O)C([2H])([2H])NCC=C. The van der Waals surface area contributed by atoms with Gasteiger partial charge in [-0.15, -0.1) is 6.58 Å². The van der Waals surface area contributed by atoms with Crippen LogP contribution in [0, 0.1) is 0 Å². The Balaban J connectivity index is 4.77. The van der Waals surface area contributed by atoms with Crippen LogP contribution in [-0.2, 0) is 0 Å². The number of rotatable bonds is 5. The Hall–Kier alpha value is -0.380. The average molecular weight is 136 g/mol. The smallest absolute Gasteiger partial charge is 0.0895 e. The van der Waals surface area contributed by atoms with Crippen LogP contribution in [0.2, 0.25) is 0 Å². The van der Waals surface area contributed by atoms with E-state index < -0.39 is 19.1 Å². The topological polar surface area (TPSA) is 52.5 Å². The van der Waals surface area contributed by atoms with Crippen LogP contribution in [-0.4, -0.2) is 35.9 Å². The maximum atomic E-state index is 9.18. The van der Waals surface area contributed by atoms with Crippen LogP contribution in [0.1, 0.15) is 6.85 Å². The van der Waals surface area contributed by atoms with Crippen LogP contribution >= 0.6 is 0 Å². The molecule has 0 fully saturated rings. The van der Waals surface area contributed by atoms with Gasteiger partial charge in [-0.05, 0) is 0 Å². The second kappa shape index (κ2) is 5.75. The van der Waals surface area contributed by atoms with Gasteiger partial charge < -0.3 is 15.5 Å². The first-order valence-electron chi connectivity index (χ1n) is 4.87. The molecule has 0 saturated carbocycles. The van der Waals surface area contributed by atoms with E-state index in [9.17, 15) is 5.11 Å². The molecule has 9 heavy (non-hydrogen) atoms. The van der Waals surface area contributed by atoms with Crippen LogP contribution in [0.4, 0.5) is 0 Å². The van der Waals surface area contributed by atoms with Crippen LogP contribution in [0.3, 0.4) is 0 Å². The standard InChI is InChI=1S/C6H13NO2/c1-2-3-7-4-6(9)5-8/h2,6-9H,1,3-5H2/i4D2,5D2,6D. The lowest BCUT2D eigenvalue weighted by Crippen LogP contribution is -2.29. The molecule has 0 aliphatic rings. The van der Waals surface area contributed by atoms with Gasteiger partial charge in [-0.3, -0.25) is 0 Å². The predicted octanol–water partition coefficient (Wildman–Crippen LogP) is -0.885. The number of nitrogens with one attached hydrogen (secondary N) is 1. The lowest BCUT2D eigenvalue weighted by Gasteiger charge is -2.05. The molecule has 0 heterocycles. The second-order valence-electron chi connectivity index (χ2n) is 1.25. The minimum Gasteiger partial charge on any atom is -0.394 e. The third kappa shape index (κ3) is 5.49. The largest absolute Gasteiger partial charge is 0.394 e. The van der Waals surface area contributed by atoms with E-state index in [4.69, 9.17) is 12.0 Å². The molecule has 0 aromatic carbocycles. The predicted molar refractivity (Wildman–Crippen MR) is 36.2 cm³/mol. The van der Waals surface area contributed by atoms with Gasteiger partial charge in [-0.25, -0.2) is 0 Å². The van der Waals surface area contributed by atoms with Crippen LogP contribution in [0.15, 0.2) is 12.7 Å². The van der Waals surface area contributed by atoms with E-state index in [1.54, 1.807) is 0 Å². The quantitative estimate of drug-likeness (QED) is 0.430. The Morgan fingerprint density at radius 1 is 2.00 bits per heavy atom. The normalized spacial score (nSPS) is 28.0. The van der Waals surface area contributed by atoms with Gasteiger partial charge in [-0.1, -0.05) is 6.08 Å². The van der Waals surface area contributed by atoms with E-state index in [-0.39, 0.29) is 6.54 Å². The molecule has 3 heteroatoms. The highest BCUT2D eigenvalue weighted by molar-refractivity contribution is 4.70. The van der Waals surface area contributed by atoms with Gasteiger partial charge in [-0.2, -0.15) is 0 Å². The minimum atomic E-state index is -3.37. The van der Waals surface area contributed by atoms with Crippen LogP contribution < -0.4 is 5.32 Å². The zero-order valence-electron chi connectivity index (χ0n) is 9.89. The van der Waals surface area contributed by atoms with Crippen molar-refractivity contribution in [2.24, 2.45) is 0 Å². The van der Waals surface area contributed by atoms with Crippen molar-refractivity contribution < 1.29 is 17.1 Å². The molecule has 0 amide bonds. The van der Waals surface area contributed by atoms with Crippen molar-refractivity contribution in [3.05, 3.63) is 12.7 Å². The number of hydrogen-bond acceptors (Lipinski definition) is 3. The molecule has 1 unspecified atom stereocenters. The number of aliphatic hydroxyl groups is 2. The summed E-state index contributed by atoms with van der Waals surface area (Å²) in [5, 5.41) is 20.0. The first-order chi connectivity index (χ1) is 6.06. The third-order valence-electron chi connectivity index (χ3n) is 0.559. The monoisotopic (exact) mass is 136 g/mol. The van der Waals surface area contributed by atoms with Crippen LogP contribution in [0.5, 0.6) is 0 Å². The van der Waals surface area contributed by atoms with Gasteiger partial charge in [0.25, 0.3) is 0 Å². The van der Waals surface area contributed by atoms with Crippen molar-refractivity contribution in [2.75, 3.05) is 19.6 Å². The van der Waals surface area contributed by atoms with Crippen molar-refractivity contribution in [1.82, 2.24) is 5.32 Å². The van der Waals surface area contributed by atoms with E-state index in [0.29, 0.717) is 0 Å². The fourth-order valence-electron chi connectivity index (χ4n) is 0.235. The highest BCUT2D eigenvalue weighted by Gasteiger charge is 1.97. The summed E-state index contributed by atoms with van der Waals surface area (Å²) in [5.74, 6) is 0. The van der Waals surface area contributed by atoms with E-state index in [1.807, 2.05) is 5.32 Å². The highest BCUT2D eigenvalue weighted by atomic mass is 16.3. The van der Waals surface area contributed by atoms with Gasteiger partial charge in [0.15, 0.2) is 0 Å². The van der Waals surface area contributed by atoms with Gasteiger partial charge in [0.05, 0.1) is 16.8 Å². The molecule has 0 aliphatic heterocycles. The Kier molecular flexibility index (Phi) is 2.01. The maximum absolute atomic E-state index is 9.18. The summed E-state index contributed by atoms with van der Waals surface area (Å²) in [5.41, 5.74) is 0. The molecular formula is C6H13NO2. The van der Waals surface area contributed by atoms with E-state index in [2.05, 4.69) is 6.58 Å². The molecule has 3 nitrogen and oxygen atoms in total. The van der Waals surface area contributed by atoms with Crippen molar-refractivity contribution in [3.63, 3.8) is 0 Å². The fourth-order valence-corrected chi connectivity index (χ4v) is 0.235. The molecule has 0 aromatic rings. The van der Waals surface area contributed by atoms with Gasteiger partial charge in [0.1, 0.15) is 0 Å². The lowest BCUT2D eigenvalue weighted by molar-refractivity contribution is 0.0953. The summed E-state index contributed by atoms with van der Waals surface area (Å²) in [6.45, 7) is -2.95. The highest BCUT2D eigenvalue weighted by Crippen LogP contribution is 1.74. The molecule has 0 bridgehead atoms. The summed E-state index contributed by atoms with van der Waals surface area (Å²) in [4.78, 5) is 0. The van der Waals surface area contributed by atoms with E-state index in [1.165, 1.54) is 6.08 Å².